The summed E-state index contributed by atoms with van der Waals surface area (Å²) in [5.41, 5.74) is 2.37. The average Bonchev–Trinajstić information content (AvgIpc) is 2.89. The Balaban J connectivity index is 2.05. The Morgan fingerprint density at radius 3 is 2.35 bits per heavy atom. The first-order valence-corrected chi connectivity index (χ1v) is 17.0. The number of aldehydes is 1. The van der Waals surface area contributed by atoms with Crippen LogP contribution in [0.3, 0.4) is 0 Å². The van der Waals surface area contributed by atoms with Gasteiger partial charge in [-0.2, -0.15) is 0 Å². The fourth-order valence-corrected chi connectivity index (χ4v) is 10.8. The number of carbonyl (C=O) groups excluding carboxylic acids is 1. The van der Waals surface area contributed by atoms with E-state index in [1.165, 1.54) is 5.57 Å². The number of methoxy groups -OCH3 is 1. The van der Waals surface area contributed by atoms with Gasteiger partial charge in [-0.3, -0.25) is 4.79 Å². The summed E-state index contributed by atoms with van der Waals surface area (Å²) in [6.45, 7) is 19.8. The van der Waals surface area contributed by atoms with E-state index in [4.69, 9.17) is 13.6 Å². The van der Waals surface area contributed by atoms with E-state index in [2.05, 4.69) is 41.2 Å². The molecule has 0 radical (unpaired) electrons. The first-order valence-electron chi connectivity index (χ1n) is 14.4. The van der Waals surface area contributed by atoms with Crippen molar-refractivity contribution in [2.45, 2.75) is 118 Å². The molecule has 5 atom stereocenters. The zero-order valence-corrected chi connectivity index (χ0v) is 25.6. The minimum absolute atomic E-state index is 0.0180. The highest BCUT2D eigenvalue weighted by atomic mass is 28.4. The summed E-state index contributed by atoms with van der Waals surface area (Å²) in [4.78, 5) is 25.0. The molecular weight excluding hydrogens is 480 g/mol. The van der Waals surface area contributed by atoms with Crippen molar-refractivity contribution >= 4 is 14.6 Å². The molecule has 0 amide bonds. The minimum Gasteiger partial charge on any atom is -0.468 e. The highest BCUT2D eigenvalue weighted by Crippen LogP contribution is 2.63. The van der Waals surface area contributed by atoms with Crippen molar-refractivity contribution < 1.29 is 18.4 Å². The van der Waals surface area contributed by atoms with Crippen LogP contribution in [0.25, 0.3) is 0 Å². The summed E-state index contributed by atoms with van der Waals surface area (Å²) in [7, 11) is -0.242. The van der Waals surface area contributed by atoms with Crippen molar-refractivity contribution in [1.82, 2.24) is 0 Å². The van der Waals surface area contributed by atoms with Gasteiger partial charge in [-0.05, 0) is 93.2 Å². The predicted molar refractivity (Wildman–Crippen MR) is 153 cm³/mol. The molecule has 0 spiro atoms. The van der Waals surface area contributed by atoms with E-state index >= 15 is 0 Å². The van der Waals surface area contributed by atoms with Gasteiger partial charge in [0.2, 0.25) is 0 Å². The van der Waals surface area contributed by atoms with Crippen LogP contribution < -0.4 is 10.2 Å². The fourth-order valence-electron chi connectivity index (χ4n) is 7.85. The molecule has 1 heterocycles. The molecule has 1 aromatic rings. The number of fused-ring (bicyclic) bond motifs is 1. The second-order valence-electron chi connectivity index (χ2n) is 12.2. The number of ether oxygens (including phenoxy) is 1. The SMILES string of the molecule is C=C1CC[C@@H]2[C@](C)(CC[C@@H](O[Si](CC)(CC)CC)[C@@]2(C)CCC=O)[C@@H]1Cc1c(OC)oc(C)c(C)c1=O. The lowest BCUT2D eigenvalue weighted by molar-refractivity contribution is -0.134. The van der Waals surface area contributed by atoms with Crippen molar-refractivity contribution in [1.29, 1.82) is 0 Å². The molecule has 2 saturated carbocycles. The maximum atomic E-state index is 13.4. The van der Waals surface area contributed by atoms with Crippen LogP contribution in [0.5, 0.6) is 5.95 Å². The number of hydrogen-bond acceptors (Lipinski definition) is 5. The third-order valence-corrected chi connectivity index (χ3v) is 15.3. The molecule has 0 N–H and O–H groups in total. The Kier molecular flexibility index (Phi) is 9.38. The number of aryl methyl sites for hydroxylation is 1. The van der Waals surface area contributed by atoms with Crippen molar-refractivity contribution in [3.05, 3.63) is 39.3 Å². The lowest BCUT2D eigenvalue weighted by Crippen LogP contribution is -2.59. The molecule has 0 aromatic carbocycles. The maximum absolute atomic E-state index is 13.4. The number of hydrogen-bond donors (Lipinski definition) is 0. The Morgan fingerprint density at radius 2 is 1.78 bits per heavy atom. The van der Waals surface area contributed by atoms with E-state index in [0.29, 0.717) is 41.6 Å². The van der Waals surface area contributed by atoms with Gasteiger partial charge >= 0.3 is 0 Å². The lowest BCUT2D eigenvalue weighted by Gasteiger charge is -2.62. The fraction of sp³-hybridized carbons (Fsp3) is 0.742. The highest BCUT2D eigenvalue weighted by molar-refractivity contribution is 6.73. The van der Waals surface area contributed by atoms with E-state index < -0.39 is 8.32 Å². The van der Waals surface area contributed by atoms with Crippen LogP contribution in [-0.2, 0) is 15.6 Å². The maximum Gasteiger partial charge on any atom is 0.291 e. The predicted octanol–water partition coefficient (Wildman–Crippen LogP) is 7.57. The minimum atomic E-state index is -1.81. The number of allylic oxidation sites excluding steroid dienone is 1. The van der Waals surface area contributed by atoms with Gasteiger partial charge in [0.15, 0.2) is 13.7 Å². The summed E-state index contributed by atoms with van der Waals surface area (Å²) < 4.78 is 18.7. The summed E-state index contributed by atoms with van der Waals surface area (Å²) in [6.07, 6.45) is 7.23. The van der Waals surface area contributed by atoms with Gasteiger partial charge in [0, 0.05) is 12.0 Å². The molecule has 3 rings (SSSR count). The first kappa shape index (κ1) is 29.9. The highest BCUT2D eigenvalue weighted by Gasteiger charge is 2.59. The Labute approximate surface area is 225 Å². The van der Waals surface area contributed by atoms with Gasteiger partial charge in [-0.25, -0.2) is 0 Å². The van der Waals surface area contributed by atoms with Crippen LogP contribution in [0.2, 0.25) is 18.1 Å². The largest absolute Gasteiger partial charge is 0.468 e. The smallest absolute Gasteiger partial charge is 0.291 e. The second kappa shape index (κ2) is 11.6. The first-order chi connectivity index (χ1) is 17.5. The molecule has 1 aromatic heterocycles. The summed E-state index contributed by atoms with van der Waals surface area (Å²) in [6, 6.07) is 3.39. The third-order valence-electron chi connectivity index (χ3n) is 10.7. The molecule has 2 aliphatic carbocycles. The molecule has 208 valence electrons. The molecular formula is C31H50O5Si. The average molecular weight is 531 g/mol. The number of rotatable bonds is 11. The van der Waals surface area contributed by atoms with Crippen LogP contribution in [0.15, 0.2) is 21.4 Å². The molecule has 0 unspecified atom stereocenters. The van der Waals surface area contributed by atoms with Crippen LogP contribution in [0.1, 0.15) is 90.0 Å². The van der Waals surface area contributed by atoms with E-state index in [1.807, 2.05) is 13.8 Å². The molecule has 37 heavy (non-hydrogen) atoms. The van der Waals surface area contributed by atoms with Gasteiger partial charge in [-0.15, -0.1) is 0 Å². The zero-order valence-electron chi connectivity index (χ0n) is 24.6. The molecule has 5 nitrogen and oxygen atoms in total. The molecule has 0 aliphatic heterocycles. The Bertz CT molecular complexity index is 1030. The lowest BCUT2D eigenvalue weighted by atomic mass is 9.45. The van der Waals surface area contributed by atoms with E-state index in [0.717, 1.165) is 56.5 Å². The molecule has 0 saturated heterocycles. The van der Waals surface area contributed by atoms with E-state index in [9.17, 15) is 9.59 Å². The van der Waals surface area contributed by atoms with Gasteiger partial charge in [0.25, 0.3) is 5.95 Å². The van der Waals surface area contributed by atoms with Gasteiger partial charge in [0.05, 0.1) is 18.8 Å². The van der Waals surface area contributed by atoms with Crippen LogP contribution >= 0.6 is 0 Å². The Hall–Kier alpha value is -1.66. The van der Waals surface area contributed by atoms with Crippen LogP contribution in [0.4, 0.5) is 0 Å². The van der Waals surface area contributed by atoms with Gasteiger partial charge in [0.1, 0.15) is 12.0 Å². The van der Waals surface area contributed by atoms with Crippen molar-refractivity contribution in [3.8, 4) is 5.95 Å². The molecule has 6 heteroatoms. The standard InChI is InChI=1S/C31H50O5Si/c1-10-37(11-2,12-3)36-27-16-18-30(7)25(20-24-28(33)22(5)23(6)35-29(24)34-9)21(4)14-15-26(30)31(27,8)17-13-19-32/h19,25-27H,4,10-18,20H2,1-3,5-9H3/t25-,26-,27-,30-,31+/m1/s1. The topological polar surface area (TPSA) is 65.7 Å². The second-order valence-corrected chi connectivity index (χ2v) is 16.9. The summed E-state index contributed by atoms with van der Waals surface area (Å²) in [5, 5.41) is 0. The number of carbonyl (C=O) groups is 1. The molecule has 2 fully saturated rings. The summed E-state index contributed by atoms with van der Waals surface area (Å²) in [5.74, 6) is 1.46. The molecule has 0 bridgehead atoms. The Morgan fingerprint density at radius 1 is 1.14 bits per heavy atom. The van der Waals surface area contributed by atoms with Gasteiger partial charge < -0.3 is 18.4 Å². The molecule has 2 aliphatic rings. The van der Waals surface area contributed by atoms with E-state index in [-0.39, 0.29) is 28.3 Å². The van der Waals surface area contributed by atoms with Gasteiger partial charge in [-0.1, -0.05) is 46.8 Å². The van der Waals surface area contributed by atoms with Crippen molar-refractivity contribution in [2.24, 2.45) is 22.7 Å². The van der Waals surface area contributed by atoms with Crippen molar-refractivity contribution in [3.63, 3.8) is 0 Å². The summed E-state index contributed by atoms with van der Waals surface area (Å²) >= 11 is 0. The van der Waals surface area contributed by atoms with Crippen LogP contribution in [-0.4, -0.2) is 27.8 Å². The zero-order chi connectivity index (χ0) is 27.6. The monoisotopic (exact) mass is 530 g/mol. The van der Waals surface area contributed by atoms with Crippen LogP contribution in [0, 0.1) is 36.5 Å². The normalized spacial score (nSPS) is 30.2. The van der Waals surface area contributed by atoms with Crippen molar-refractivity contribution in [2.75, 3.05) is 7.11 Å². The van der Waals surface area contributed by atoms with E-state index in [1.54, 1.807) is 7.11 Å². The third kappa shape index (κ3) is 5.30. The quantitative estimate of drug-likeness (QED) is 0.168.